The van der Waals surface area contributed by atoms with E-state index in [0.717, 1.165) is 6.42 Å². The molecule has 0 fully saturated rings. The number of benzene rings is 1. The Balaban J connectivity index is 2.47. The van der Waals surface area contributed by atoms with Crippen molar-refractivity contribution in [3.8, 4) is 11.5 Å². The summed E-state index contributed by atoms with van der Waals surface area (Å²) < 4.78 is 11.8. The van der Waals surface area contributed by atoms with Crippen LogP contribution in [0.4, 0.5) is 0 Å². The summed E-state index contributed by atoms with van der Waals surface area (Å²) >= 11 is 3.37. The number of fused-ring (bicyclic) bond motifs is 1. The predicted octanol–water partition coefficient (Wildman–Crippen LogP) is 2.21. The van der Waals surface area contributed by atoms with Gasteiger partial charge in [0.05, 0.1) is 17.7 Å². The van der Waals surface area contributed by atoms with E-state index in [1.807, 2.05) is 0 Å². The maximum absolute atomic E-state index is 11.5. The van der Waals surface area contributed by atoms with Gasteiger partial charge in [0.1, 0.15) is 0 Å². The van der Waals surface area contributed by atoms with E-state index in [2.05, 4.69) is 15.9 Å². The van der Waals surface area contributed by atoms with Gasteiger partial charge < -0.3 is 19.5 Å². The number of carboxylic acid groups (broad SMARTS) is 1. The number of halogens is 1. The quantitative estimate of drug-likeness (QED) is 0.897. The molecule has 1 aliphatic heterocycles. The molecule has 1 amide bonds. The number of hydrogen-bond acceptors (Lipinski definition) is 4. The van der Waals surface area contributed by atoms with Crippen LogP contribution in [0.2, 0.25) is 0 Å². The molecule has 21 heavy (non-hydrogen) atoms. The fraction of sp³-hybridized carbons (Fsp3) is 0.429. The highest BCUT2D eigenvalue weighted by Crippen LogP contribution is 2.40. The van der Waals surface area contributed by atoms with Gasteiger partial charge in [0, 0.05) is 20.4 Å². The van der Waals surface area contributed by atoms with Gasteiger partial charge in [-0.25, -0.2) is 4.79 Å². The smallest absolute Gasteiger partial charge is 0.331 e. The number of rotatable bonds is 3. The van der Waals surface area contributed by atoms with Crippen molar-refractivity contribution in [2.45, 2.75) is 19.4 Å². The fourth-order valence-electron chi connectivity index (χ4n) is 2.12. The molecule has 1 unspecified atom stereocenters. The molecule has 1 atom stereocenters. The number of ether oxygens (including phenoxy) is 2. The van der Waals surface area contributed by atoms with Gasteiger partial charge >= 0.3 is 5.97 Å². The largest absolute Gasteiger partial charge is 0.490 e. The predicted molar refractivity (Wildman–Crippen MR) is 78.6 cm³/mol. The van der Waals surface area contributed by atoms with Gasteiger partial charge in [0.2, 0.25) is 5.91 Å². The fourth-order valence-corrected chi connectivity index (χ4v) is 2.70. The van der Waals surface area contributed by atoms with E-state index < -0.39 is 12.0 Å². The molecule has 0 saturated heterocycles. The minimum absolute atomic E-state index is 0.328. The Hall–Kier alpha value is -1.76. The van der Waals surface area contributed by atoms with Crippen molar-refractivity contribution in [3.63, 3.8) is 0 Å². The van der Waals surface area contributed by atoms with Crippen LogP contribution in [-0.4, -0.2) is 42.1 Å². The van der Waals surface area contributed by atoms with Crippen molar-refractivity contribution in [1.82, 2.24) is 4.90 Å². The number of hydrogen-bond donors (Lipinski definition) is 1. The third kappa shape index (κ3) is 3.29. The zero-order valence-corrected chi connectivity index (χ0v) is 13.3. The zero-order chi connectivity index (χ0) is 15.6. The Bertz CT molecular complexity index is 575. The van der Waals surface area contributed by atoms with Crippen LogP contribution >= 0.6 is 15.9 Å². The van der Waals surface area contributed by atoms with Crippen LogP contribution in [0.1, 0.15) is 24.9 Å². The Morgan fingerprint density at radius 2 is 2.00 bits per heavy atom. The number of carboxylic acids is 1. The molecule has 1 N–H and O–H groups in total. The summed E-state index contributed by atoms with van der Waals surface area (Å²) in [7, 11) is 1.46. The van der Waals surface area contributed by atoms with Crippen molar-refractivity contribution >= 4 is 27.8 Å². The van der Waals surface area contributed by atoms with Gasteiger partial charge in [-0.05, 0) is 33.6 Å². The number of carbonyl (C=O) groups excluding carboxylic acids is 1. The Kier molecular flexibility index (Phi) is 4.72. The van der Waals surface area contributed by atoms with E-state index in [1.165, 1.54) is 18.9 Å². The topological polar surface area (TPSA) is 76.1 Å². The minimum atomic E-state index is -1.10. The summed E-state index contributed by atoms with van der Waals surface area (Å²) in [6.45, 7) is 2.37. The average Bonchev–Trinajstić information content (AvgIpc) is 2.64. The van der Waals surface area contributed by atoms with Gasteiger partial charge in [-0.15, -0.1) is 0 Å². The third-order valence-electron chi connectivity index (χ3n) is 3.26. The summed E-state index contributed by atoms with van der Waals surface area (Å²) in [6.07, 6.45) is 0.756. The molecule has 1 aromatic carbocycles. The molecule has 0 bridgehead atoms. The van der Waals surface area contributed by atoms with E-state index in [-0.39, 0.29) is 5.91 Å². The van der Waals surface area contributed by atoms with E-state index >= 15 is 0 Å². The second kappa shape index (κ2) is 6.34. The van der Waals surface area contributed by atoms with Gasteiger partial charge in [-0.1, -0.05) is 0 Å². The van der Waals surface area contributed by atoms with Crippen LogP contribution in [0.25, 0.3) is 0 Å². The second-order valence-electron chi connectivity index (χ2n) is 4.75. The van der Waals surface area contributed by atoms with Crippen molar-refractivity contribution in [1.29, 1.82) is 0 Å². The Labute approximate surface area is 130 Å². The standard InChI is InChI=1S/C14H16BrNO5/c1-8(17)16(2)12(14(18)19)9-6-10(15)13-11(7-9)20-4-3-5-21-13/h6-7,12H,3-5H2,1-2H3,(H,18,19). The molecule has 0 radical (unpaired) electrons. The normalized spacial score (nSPS) is 15.0. The van der Waals surface area contributed by atoms with Crippen LogP contribution in [-0.2, 0) is 9.59 Å². The molecule has 6 nitrogen and oxygen atoms in total. The summed E-state index contributed by atoms with van der Waals surface area (Å²) in [5.74, 6) is -0.384. The summed E-state index contributed by atoms with van der Waals surface area (Å²) in [4.78, 5) is 24.2. The molecule has 0 saturated carbocycles. The van der Waals surface area contributed by atoms with Crippen LogP contribution in [0, 0.1) is 0 Å². The maximum atomic E-state index is 11.5. The first-order valence-electron chi connectivity index (χ1n) is 6.47. The Morgan fingerprint density at radius 3 is 2.62 bits per heavy atom. The van der Waals surface area contributed by atoms with E-state index in [1.54, 1.807) is 12.1 Å². The minimum Gasteiger partial charge on any atom is -0.490 e. The monoisotopic (exact) mass is 357 g/mol. The highest BCUT2D eigenvalue weighted by molar-refractivity contribution is 9.10. The van der Waals surface area contributed by atoms with Crippen LogP contribution in [0.5, 0.6) is 11.5 Å². The first-order chi connectivity index (χ1) is 9.91. The summed E-state index contributed by atoms with van der Waals surface area (Å²) in [5, 5.41) is 9.42. The van der Waals surface area contributed by atoms with Gasteiger partial charge in [0.25, 0.3) is 0 Å². The third-order valence-corrected chi connectivity index (χ3v) is 3.85. The van der Waals surface area contributed by atoms with Crippen molar-refractivity contribution in [2.24, 2.45) is 0 Å². The average molecular weight is 358 g/mol. The maximum Gasteiger partial charge on any atom is 0.331 e. The molecule has 1 heterocycles. The SMILES string of the molecule is CC(=O)N(C)C(C(=O)O)c1cc(Br)c2c(c1)OCCCO2. The molecule has 0 aromatic heterocycles. The molecule has 0 spiro atoms. The molecule has 114 valence electrons. The van der Waals surface area contributed by atoms with E-state index in [9.17, 15) is 14.7 Å². The lowest BCUT2D eigenvalue weighted by molar-refractivity contribution is -0.148. The lowest BCUT2D eigenvalue weighted by atomic mass is 10.0. The Morgan fingerprint density at radius 1 is 1.33 bits per heavy atom. The lowest BCUT2D eigenvalue weighted by Gasteiger charge is -2.25. The van der Waals surface area contributed by atoms with Crippen molar-refractivity contribution in [2.75, 3.05) is 20.3 Å². The summed E-state index contributed by atoms with van der Waals surface area (Å²) in [6, 6.07) is 2.19. The van der Waals surface area contributed by atoms with Crippen molar-refractivity contribution < 1.29 is 24.2 Å². The lowest BCUT2D eigenvalue weighted by Crippen LogP contribution is -2.34. The van der Waals surface area contributed by atoms with Gasteiger partial charge in [0.15, 0.2) is 17.5 Å². The molecule has 0 aliphatic carbocycles. The molecule has 1 aliphatic rings. The van der Waals surface area contributed by atoms with E-state index in [0.29, 0.717) is 34.7 Å². The zero-order valence-electron chi connectivity index (χ0n) is 11.8. The molecule has 7 heteroatoms. The highest BCUT2D eigenvalue weighted by Gasteiger charge is 2.29. The van der Waals surface area contributed by atoms with Crippen LogP contribution < -0.4 is 9.47 Å². The van der Waals surface area contributed by atoms with Crippen molar-refractivity contribution in [3.05, 3.63) is 22.2 Å². The first kappa shape index (κ1) is 15.6. The van der Waals surface area contributed by atoms with E-state index in [4.69, 9.17) is 9.47 Å². The number of aliphatic carboxylic acids is 1. The number of amides is 1. The molecule has 2 rings (SSSR count). The number of likely N-dealkylation sites (N-methyl/N-ethyl adjacent to an activating group) is 1. The second-order valence-corrected chi connectivity index (χ2v) is 5.61. The van der Waals surface area contributed by atoms with Crippen LogP contribution in [0.3, 0.4) is 0 Å². The molecular formula is C14H16BrNO5. The van der Waals surface area contributed by atoms with Gasteiger partial charge in [-0.2, -0.15) is 0 Å². The van der Waals surface area contributed by atoms with Gasteiger partial charge in [-0.3, -0.25) is 4.79 Å². The molecular weight excluding hydrogens is 342 g/mol. The first-order valence-corrected chi connectivity index (χ1v) is 7.26. The highest BCUT2D eigenvalue weighted by atomic mass is 79.9. The number of nitrogens with zero attached hydrogens (tertiary/aromatic N) is 1. The summed E-state index contributed by atoms with van der Waals surface area (Å²) in [5.41, 5.74) is 0.455. The van der Waals surface area contributed by atoms with Crippen LogP contribution in [0.15, 0.2) is 16.6 Å². The molecule has 1 aromatic rings. The number of carbonyl (C=O) groups is 2.